The van der Waals surface area contributed by atoms with Gasteiger partial charge in [-0.15, -0.1) is 0 Å². The minimum absolute atomic E-state index is 0.733. The van der Waals surface area contributed by atoms with Crippen molar-refractivity contribution in [3.8, 4) is 0 Å². The normalized spacial score (nSPS) is 11.6. The van der Waals surface area contributed by atoms with Gasteiger partial charge in [-0.1, -0.05) is 42.4 Å². The van der Waals surface area contributed by atoms with Crippen molar-refractivity contribution in [2.24, 2.45) is 5.16 Å². The highest BCUT2D eigenvalue weighted by Gasteiger charge is 2.07. The van der Waals surface area contributed by atoms with Gasteiger partial charge in [0.2, 0.25) is 0 Å². The molecule has 0 radical (unpaired) electrons. The number of oxime groups is 1. The second-order valence-corrected chi connectivity index (χ2v) is 4.86. The predicted molar refractivity (Wildman–Crippen MR) is 80.0 cm³/mol. The number of aromatic nitrogens is 1. The molecule has 0 amide bonds. The third kappa shape index (κ3) is 3.92. The summed E-state index contributed by atoms with van der Waals surface area (Å²) in [4.78, 5) is 0. The van der Waals surface area contributed by atoms with Crippen molar-refractivity contribution < 1.29 is 9.77 Å². The van der Waals surface area contributed by atoms with Crippen molar-refractivity contribution in [2.75, 3.05) is 0 Å². The Morgan fingerprint density at radius 2 is 1.95 bits per heavy atom. The fourth-order valence-electron chi connectivity index (χ4n) is 2.27. The molecule has 1 aromatic heterocycles. The van der Waals surface area contributed by atoms with E-state index in [9.17, 15) is 5.21 Å². The molecule has 2 rings (SSSR count). The third-order valence-corrected chi connectivity index (χ3v) is 3.28. The molecule has 0 aliphatic heterocycles. The van der Waals surface area contributed by atoms with Crippen molar-refractivity contribution in [2.45, 2.75) is 32.7 Å². The Kier molecular flexibility index (Phi) is 5.30. The van der Waals surface area contributed by atoms with Gasteiger partial charge in [-0.05, 0) is 24.5 Å². The Labute approximate surface area is 120 Å². The molecule has 0 atom stereocenters. The Bertz CT molecular complexity index is 564. The first kappa shape index (κ1) is 14.3. The van der Waals surface area contributed by atoms with Crippen LogP contribution in [0.5, 0.6) is 0 Å². The van der Waals surface area contributed by atoms with E-state index in [1.807, 2.05) is 30.3 Å². The maximum Gasteiger partial charge on any atom is 0.171 e. The molecule has 0 saturated heterocycles. The van der Waals surface area contributed by atoms with Gasteiger partial charge in [-0.3, -0.25) is 0 Å². The predicted octanol–water partition coefficient (Wildman–Crippen LogP) is 3.20. The lowest BCUT2D eigenvalue weighted by Crippen LogP contribution is -2.32. The summed E-state index contributed by atoms with van der Waals surface area (Å²) in [6.45, 7) is 3.21. The van der Waals surface area contributed by atoms with Crippen LogP contribution in [-0.4, -0.2) is 10.9 Å². The van der Waals surface area contributed by atoms with E-state index >= 15 is 0 Å². The van der Waals surface area contributed by atoms with E-state index in [4.69, 9.17) is 0 Å². The van der Waals surface area contributed by atoms with Gasteiger partial charge < -0.3 is 5.21 Å². The van der Waals surface area contributed by atoms with Crippen LogP contribution < -0.4 is 4.57 Å². The maximum atomic E-state index is 9.18. The van der Waals surface area contributed by atoms with E-state index in [0.29, 0.717) is 0 Å². The smallest absolute Gasteiger partial charge is 0.171 e. The van der Waals surface area contributed by atoms with Crippen molar-refractivity contribution in [1.82, 2.24) is 0 Å². The highest BCUT2D eigenvalue weighted by atomic mass is 16.4. The highest BCUT2D eigenvalue weighted by molar-refractivity contribution is 6.00. The zero-order valence-electron chi connectivity index (χ0n) is 11.9. The van der Waals surface area contributed by atoms with E-state index in [2.05, 4.69) is 41.2 Å². The summed E-state index contributed by atoms with van der Waals surface area (Å²) in [7, 11) is 0. The standard InChI is InChI=1S/C17H20N2O/c1-2-12-19-13-6-7-15(14-19)10-11-17(18-20)16-8-4-3-5-9-16/h3-9,13-14H,2,10-12H2,1H3/p+1/b18-17-. The molecule has 3 heteroatoms. The van der Waals surface area contributed by atoms with Gasteiger partial charge in [0.05, 0.1) is 5.71 Å². The molecule has 104 valence electrons. The number of aryl methyl sites for hydroxylation is 2. The first-order chi connectivity index (χ1) is 9.83. The van der Waals surface area contributed by atoms with E-state index in [-0.39, 0.29) is 0 Å². The van der Waals surface area contributed by atoms with Gasteiger partial charge >= 0.3 is 0 Å². The first-order valence-electron chi connectivity index (χ1n) is 7.08. The number of hydrogen-bond acceptors (Lipinski definition) is 2. The Morgan fingerprint density at radius 1 is 1.15 bits per heavy atom. The molecule has 0 saturated carbocycles. The maximum absolute atomic E-state index is 9.18. The van der Waals surface area contributed by atoms with Crippen LogP contribution in [0.4, 0.5) is 0 Å². The second kappa shape index (κ2) is 7.43. The molecule has 0 aliphatic rings. The minimum Gasteiger partial charge on any atom is -0.411 e. The van der Waals surface area contributed by atoms with Crippen LogP contribution in [-0.2, 0) is 13.0 Å². The number of hydrogen-bond donors (Lipinski definition) is 1. The monoisotopic (exact) mass is 269 g/mol. The third-order valence-electron chi connectivity index (χ3n) is 3.28. The molecular formula is C17H21N2O+. The summed E-state index contributed by atoms with van der Waals surface area (Å²) in [5.74, 6) is 0. The van der Waals surface area contributed by atoms with Crippen LogP contribution >= 0.6 is 0 Å². The van der Waals surface area contributed by atoms with Gasteiger partial charge in [0.15, 0.2) is 12.4 Å². The molecule has 1 N–H and O–H groups in total. The summed E-state index contributed by atoms with van der Waals surface area (Å²) in [5, 5.41) is 12.6. The molecule has 0 fully saturated rings. The largest absolute Gasteiger partial charge is 0.411 e. The number of rotatable bonds is 6. The summed E-state index contributed by atoms with van der Waals surface area (Å²) >= 11 is 0. The van der Waals surface area contributed by atoms with E-state index in [1.54, 1.807) is 0 Å². The topological polar surface area (TPSA) is 36.5 Å². The molecule has 0 aliphatic carbocycles. The van der Waals surface area contributed by atoms with Gasteiger partial charge in [-0.25, -0.2) is 4.57 Å². The highest BCUT2D eigenvalue weighted by Crippen LogP contribution is 2.08. The van der Waals surface area contributed by atoms with Gasteiger partial charge in [0.25, 0.3) is 0 Å². The van der Waals surface area contributed by atoms with Gasteiger partial charge in [0.1, 0.15) is 6.54 Å². The lowest BCUT2D eigenvalue weighted by atomic mass is 10.0. The van der Waals surface area contributed by atoms with Crippen LogP contribution in [0, 0.1) is 0 Å². The molecular weight excluding hydrogens is 248 g/mol. The van der Waals surface area contributed by atoms with Crippen LogP contribution in [0.3, 0.4) is 0 Å². The second-order valence-electron chi connectivity index (χ2n) is 4.86. The van der Waals surface area contributed by atoms with E-state index in [0.717, 1.165) is 37.1 Å². The molecule has 20 heavy (non-hydrogen) atoms. The fraction of sp³-hybridized carbons (Fsp3) is 0.294. The molecule has 0 unspecified atom stereocenters. The summed E-state index contributed by atoms with van der Waals surface area (Å²) in [5.41, 5.74) is 2.97. The number of benzene rings is 1. The molecule has 0 spiro atoms. The summed E-state index contributed by atoms with van der Waals surface area (Å²) < 4.78 is 2.20. The van der Waals surface area contributed by atoms with Crippen LogP contribution in [0.1, 0.15) is 30.9 Å². The Hall–Kier alpha value is -2.16. The van der Waals surface area contributed by atoms with Gasteiger partial charge in [-0.2, -0.15) is 0 Å². The van der Waals surface area contributed by atoms with Crippen LogP contribution in [0.25, 0.3) is 0 Å². The minimum atomic E-state index is 0.733. The first-order valence-corrected chi connectivity index (χ1v) is 7.08. The molecule has 1 heterocycles. The molecule has 3 nitrogen and oxygen atoms in total. The summed E-state index contributed by atoms with van der Waals surface area (Å²) in [6.07, 6.45) is 6.99. The van der Waals surface area contributed by atoms with Crippen molar-refractivity contribution in [3.63, 3.8) is 0 Å². The lowest BCUT2D eigenvalue weighted by Gasteiger charge is -2.04. The van der Waals surface area contributed by atoms with Crippen LogP contribution in [0.15, 0.2) is 60.0 Å². The quantitative estimate of drug-likeness (QED) is 0.372. The fourth-order valence-corrected chi connectivity index (χ4v) is 2.27. The molecule has 1 aromatic carbocycles. The molecule has 2 aromatic rings. The zero-order valence-corrected chi connectivity index (χ0v) is 11.9. The van der Waals surface area contributed by atoms with Crippen molar-refractivity contribution in [3.05, 3.63) is 66.0 Å². The Morgan fingerprint density at radius 3 is 2.65 bits per heavy atom. The van der Waals surface area contributed by atoms with Gasteiger partial charge in [0, 0.05) is 18.1 Å². The number of nitrogens with zero attached hydrogens (tertiary/aromatic N) is 2. The Balaban J connectivity index is 2.02. The average molecular weight is 269 g/mol. The van der Waals surface area contributed by atoms with E-state index in [1.165, 1.54) is 5.56 Å². The van der Waals surface area contributed by atoms with E-state index < -0.39 is 0 Å². The summed E-state index contributed by atoms with van der Waals surface area (Å²) in [6, 6.07) is 14.0. The lowest BCUT2D eigenvalue weighted by molar-refractivity contribution is -0.697. The molecule has 0 bridgehead atoms. The van der Waals surface area contributed by atoms with Crippen molar-refractivity contribution in [1.29, 1.82) is 0 Å². The SMILES string of the molecule is CCC[n+]1cccc(CC/C(=N/O)c2ccccc2)c1. The zero-order chi connectivity index (χ0) is 14.2. The number of pyridine rings is 1. The van der Waals surface area contributed by atoms with Crippen molar-refractivity contribution >= 4 is 5.71 Å². The average Bonchev–Trinajstić information content (AvgIpc) is 2.50. The van der Waals surface area contributed by atoms with Crippen LogP contribution in [0.2, 0.25) is 0 Å².